The number of methoxy groups -OCH3 is 2. The van der Waals surface area contributed by atoms with Crippen molar-refractivity contribution in [3.8, 4) is 5.75 Å². The van der Waals surface area contributed by atoms with Crippen LogP contribution in [0.4, 0.5) is 4.79 Å². The van der Waals surface area contributed by atoms with Gasteiger partial charge in [0.25, 0.3) is 0 Å². The molecular weight excluding hydrogens is 372 g/mol. The molecule has 156 valence electrons. The molecule has 2 N–H and O–H groups in total. The molecular formula is C21H28N4O4. The number of nitrogens with one attached hydrogen (secondary N) is 2. The van der Waals surface area contributed by atoms with Crippen molar-refractivity contribution >= 4 is 12.0 Å². The predicted molar refractivity (Wildman–Crippen MR) is 110 cm³/mol. The minimum atomic E-state index is -0.608. The zero-order valence-electron chi connectivity index (χ0n) is 16.9. The molecule has 0 unspecified atom stereocenters. The lowest BCUT2D eigenvalue weighted by Crippen LogP contribution is -2.51. The highest BCUT2D eigenvalue weighted by molar-refractivity contribution is 5.95. The molecule has 2 amide bonds. The highest BCUT2D eigenvalue weighted by atomic mass is 16.5. The summed E-state index contributed by atoms with van der Waals surface area (Å²) in [6.07, 6.45) is 1.90. The molecule has 0 bridgehead atoms. The number of piperazine rings is 1. The van der Waals surface area contributed by atoms with E-state index >= 15 is 0 Å². The number of ether oxygens (including phenoxy) is 2. The van der Waals surface area contributed by atoms with Gasteiger partial charge in [0, 0.05) is 45.0 Å². The lowest BCUT2D eigenvalue weighted by atomic mass is 9.94. The number of carbonyl (C=O) groups excluding carboxylic acids is 2. The zero-order valence-corrected chi connectivity index (χ0v) is 16.9. The van der Waals surface area contributed by atoms with Crippen molar-refractivity contribution in [1.29, 1.82) is 0 Å². The summed E-state index contributed by atoms with van der Waals surface area (Å²) in [7, 11) is 2.93. The van der Waals surface area contributed by atoms with E-state index in [1.54, 1.807) is 7.11 Å². The molecule has 1 aromatic rings. The van der Waals surface area contributed by atoms with E-state index in [1.165, 1.54) is 7.11 Å². The fraction of sp³-hybridized carbons (Fsp3) is 0.429. The molecule has 8 heteroatoms. The van der Waals surface area contributed by atoms with Crippen LogP contribution in [0.15, 0.2) is 48.2 Å². The molecule has 1 aromatic carbocycles. The lowest BCUT2D eigenvalue weighted by Gasteiger charge is -2.36. The number of nitrogens with zero attached hydrogens (tertiary/aromatic N) is 2. The first-order valence-corrected chi connectivity index (χ1v) is 9.64. The molecule has 0 radical (unpaired) electrons. The molecule has 1 saturated heterocycles. The SMILES string of the molecule is C=CCN1CCN(CC2=C(C(=O)OC)[C@@H](c3cccc(OC)c3)NC(=O)N2)CC1. The first kappa shape index (κ1) is 20.9. The van der Waals surface area contributed by atoms with Crippen LogP contribution in [0.2, 0.25) is 0 Å². The number of amides is 2. The van der Waals surface area contributed by atoms with Gasteiger partial charge < -0.3 is 20.1 Å². The van der Waals surface area contributed by atoms with Crippen molar-refractivity contribution in [2.75, 3.05) is 53.5 Å². The van der Waals surface area contributed by atoms with E-state index in [0.717, 1.165) is 38.3 Å². The van der Waals surface area contributed by atoms with Crippen molar-refractivity contribution in [3.05, 3.63) is 53.8 Å². The molecule has 3 rings (SSSR count). The zero-order chi connectivity index (χ0) is 20.8. The van der Waals surface area contributed by atoms with Gasteiger partial charge in [-0.05, 0) is 17.7 Å². The molecule has 1 atom stereocenters. The van der Waals surface area contributed by atoms with E-state index in [2.05, 4.69) is 27.0 Å². The van der Waals surface area contributed by atoms with Crippen LogP contribution in [0.5, 0.6) is 5.75 Å². The van der Waals surface area contributed by atoms with Crippen molar-refractivity contribution in [2.45, 2.75) is 6.04 Å². The van der Waals surface area contributed by atoms with Gasteiger partial charge in [-0.25, -0.2) is 9.59 Å². The van der Waals surface area contributed by atoms with Crippen LogP contribution in [0.1, 0.15) is 11.6 Å². The Morgan fingerprint density at radius 2 is 1.97 bits per heavy atom. The van der Waals surface area contributed by atoms with Gasteiger partial charge in [-0.3, -0.25) is 9.80 Å². The van der Waals surface area contributed by atoms with Crippen LogP contribution in [0, 0.1) is 0 Å². The van der Waals surface area contributed by atoms with Gasteiger partial charge in [0.2, 0.25) is 0 Å². The van der Waals surface area contributed by atoms with Crippen LogP contribution in [-0.2, 0) is 9.53 Å². The normalized spacial score (nSPS) is 20.6. The minimum absolute atomic E-state index is 0.342. The third kappa shape index (κ3) is 4.96. The van der Waals surface area contributed by atoms with Gasteiger partial charge in [0.05, 0.1) is 25.8 Å². The second-order valence-corrected chi connectivity index (χ2v) is 7.06. The Balaban J connectivity index is 1.88. The number of urea groups is 1. The molecule has 2 aliphatic rings. The maximum absolute atomic E-state index is 12.7. The van der Waals surface area contributed by atoms with Crippen molar-refractivity contribution in [1.82, 2.24) is 20.4 Å². The minimum Gasteiger partial charge on any atom is -0.497 e. The Morgan fingerprint density at radius 1 is 1.24 bits per heavy atom. The maximum Gasteiger partial charge on any atom is 0.338 e. The van der Waals surface area contributed by atoms with Crippen molar-refractivity contribution in [3.63, 3.8) is 0 Å². The van der Waals surface area contributed by atoms with Gasteiger partial charge in [0.15, 0.2) is 0 Å². The van der Waals surface area contributed by atoms with Crippen LogP contribution < -0.4 is 15.4 Å². The summed E-state index contributed by atoms with van der Waals surface area (Å²) in [5, 5.41) is 5.66. The smallest absolute Gasteiger partial charge is 0.338 e. The Kier molecular flexibility index (Phi) is 6.90. The largest absolute Gasteiger partial charge is 0.497 e. The number of carbonyl (C=O) groups is 2. The monoisotopic (exact) mass is 400 g/mol. The first-order valence-electron chi connectivity index (χ1n) is 9.64. The summed E-state index contributed by atoms with van der Waals surface area (Å²) in [4.78, 5) is 29.6. The number of rotatable bonds is 7. The second kappa shape index (κ2) is 9.58. The Hall–Kier alpha value is -2.84. The van der Waals surface area contributed by atoms with Crippen LogP contribution in [0.3, 0.4) is 0 Å². The summed E-state index contributed by atoms with van der Waals surface area (Å²) < 4.78 is 10.3. The summed E-state index contributed by atoms with van der Waals surface area (Å²) in [6.45, 7) is 8.64. The van der Waals surface area contributed by atoms with Gasteiger partial charge in [-0.15, -0.1) is 6.58 Å². The van der Waals surface area contributed by atoms with Crippen molar-refractivity contribution in [2.24, 2.45) is 0 Å². The van der Waals surface area contributed by atoms with Gasteiger partial charge in [-0.1, -0.05) is 18.2 Å². The Labute approximate surface area is 171 Å². The Bertz CT molecular complexity index is 800. The van der Waals surface area contributed by atoms with E-state index in [0.29, 0.717) is 23.6 Å². The van der Waals surface area contributed by atoms with Crippen molar-refractivity contribution < 1.29 is 19.1 Å². The molecule has 29 heavy (non-hydrogen) atoms. The highest BCUT2D eigenvalue weighted by Gasteiger charge is 2.34. The van der Waals surface area contributed by atoms with Crippen LogP contribution in [0.25, 0.3) is 0 Å². The molecule has 2 aliphatic heterocycles. The van der Waals surface area contributed by atoms with Crippen LogP contribution >= 0.6 is 0 Å². The summed E-state index contributed by atoms with van der Waals surface area (Å²) >= 11 is 0. The van der Waals surface area contributed by atoms with Gasteiger partial charge >= 0.3 is 12.0 Å². The average molecular weight is 400 g/mol. The van der Waals surface area contributed by atoms with Gasteiger partial charge in [0.1, 0.15) is 5.75 Å². The standard InChI is InChI=1S/C21H28N4O4/c1-4-8-24-9-11-25(12-10-24)14-17-18(20(26)29-3)19(23-21(27)22-17)15-6-5-7-16(13-15)28-2/h4-7,13,19H,1,8-12,14H2,2-3H3,(H2,22,23,27)/t19-/m1/s1. The highest BCUT2D eigenvalue weighted by Crippen LogP contribution is 2.30. The topological polar surface area (TPSA) is 83.1 Å². The van der Waals surface area contributed by atoms with E-state index in [4.69, 9.17) is 9.47 Å². The number of hydrogen-bond donors (Lipinski definition) is 2. The average Bonchev–Trinajstić information content (AvgIpc) is 2.74. The quantitative estimate of drug-likeness (QED) is 0.530. The number of hydrogen-bond acceptors (Lipinski definition) is 6. The fourth-order valence-corrected chi connectivity index (χ4v) is 3.70. The molecule has 0 aliphatic carbocycles. The van der Waals surface area contributed by atoms with E-state index < -0.39 is 12.0 Å². The summed E-state index contributed by atoms with van der Waals surface area (Å²) in [5.74, 6) is 0.185. The van der Waals surface area contributed by atoms with E-state index in [9.17, 15) is 9.59 Å². The second-order valence-electron chi connectivity index (χ2n) is 7.06. The summed E-state index contributed by atoms with van der Waals surface area (Å²) in [6, 6.07) is 6.36. The van der Waals surface area contributed by atoms with E-state index in [1.807, 2.05) is 30.3 Å². The third-order valence-corrected chi connectivity index (χ3v) is 5.22. The molecule has 1 fully saturated rings. The first-order chi connectivity index (χ1) is 14.0. The molecule has 0 spiro atoms. The lowest BCUT2D eigenvalue weighted by molar-refractivity contribution is -0.136. The Morgan fingerprint density at radius 3 is 2.62 bits per heavy atom. The van der Waals surface area contributed by atoms with Gasteiger partial charge in [-0.2, -0.15) is 0 Å². The predicted octanol–water partition coefficient (Wildman–Crippen LogP) is 1.28. The molecule has 0 saturated carbocycles. The molecule has 0 aromatic heterocycles. The third-order valence-electron chi connectivity index (χ3n) is 5.22. The number of benzene rings is 1. The molecule has 8 nitrogen and oxygen atoms in total. The van der Waals surface area contributed by atoms with E-state index in [-0.39, 0.29) is 6.03 Å². The fourth-order valence-electron chi connectivity index (χ4n) is 3.70. The van der Waals surface area contributed by atoms with Crippen LogP contribution in [-0.4, -0.2) is 75.3 Å². The summed E-state index contributed by atoms with van der Waals surface area (Å²) in [5.41, 5.74) is 1.74. The molecule has 2 heterocycles. The maximum atomic E-state index is 12.7. The number of esters is 1.